The van der Waals surface area contributed by atoms with Crippen LogP contribution in [0, 0.1) is 13.8 Å². The van der Waals surface area contributed by atoms with E-state index in [-0.39, 0.29) is 12.1 Å². The Bertz CT molecular complexity index is 786. The van der Waals surface area contributed by atoms with Crippen LogP contribution < -0.4 is 10.6 Å². The molecule has 0 fully saturated rings. The lowest BCUT2D eigenvalue weighted by Gasteiger charge is -2.38. The first-order valence-electron chi connectivity index (χ1n) is 8.06. The summed E-state index contributed by atoms with van der Waals surface area (Å²) in [7, 11) is 0. The van der Waals surface area contributed by atoms with E-state index in [4.69, 9.17) is 0 Å². The minimum atomic E-state index is -0.310. The van der Waals surface area contributed by atoms with Gasteiger partial charge in [0.05, 0.1) is 31.2 Å². The van der Waals surface area contributed by atoms with Gasteiger partial charge in [-0.15, -0.1) is 0 Å². The van der Waals surface area contributed by atoms with Crippen LogP contribution in [0.3, 0.4) is 0 Å². The van der Waals surface area contributed by atoms with E-state index in [1.54, 1.807) is 0 Å². The maximum absolute atomic E-state index is 9.45. The van der Waals surface area contributed by atoms with Gasteiger partial charge in [-0.25, -0.2) is 15.0 Å². The van der Waals surface area contributed by atoms with Crippen molar-refractivity contribution in [3.8, 4) is 0 Å². The molecule has 3 rings (SSSR count). The zero-order valence-electron chi connectivity index (χ0n) is 14.6. The second-order valence-electron chi connectivity index (χ2n) is 6.72. The van der Waals surface area contributed by atoms with Crippen LogP contribution >= 0.6 is 0 Å². The third-order valence-electron chi connectivity index (χ3n) is 4.43. The Morgan fingerprint density at radius 3 is 2.75 bits per heavy atom. The number of hydrogen-bond acceptors (Lipinski definition) is 7. The Morgan fingerprint density at radius 1 is 1.29 bits per heavy atom. The number of para-hydroxylation sites is 1. The third kappa shape index (κ3) is 3.18. The molecule has 0 radical (unpaired) electrons. The number of guanidine groups is 1. The zero-order chi connectivity index (χ0) is 17.3. The molecule has 0 amide bonds. The molecule has 1 aliphatic heterocycles. The zero-order valence-corrected chi connectivity index (χ0v) is 14.6. The number of aryl methyl sites for hydroxylation is 2. The fourth-order valence-electron chi connectivity index (χ4n) is 2.63. The van der Waals surface area contributed by atoms with E-state index in [0.29, 0.717) is 25.2 Å². The summed E-state index contributed by atoms with van der Waals surface area (Å²) in [5, 5.41) is 16.9. The Morgan fingerprint density at radius 2 is 2.08 bits per heavy atom. The molecule has 7 nitrogen and oxygen atoms in total. The first-order valence-corrected chi connectivity index (χ1v) is 8.06. The molecule has 0 atom stereocenters. The number of aliphatic imine (C=N–C) groups is 1. The smallest absolute Gasteiger partial charge is 0.230 e. The van der Waals surface area contributed by atoms with Crippen LogP contribution in [0.1, 0.15) is 25.1 Å². The first-order chi connectivity index (χ1) is 11.4. The summed E-state index contributed by atoms with van der Waals surface area (Å²) in [6.45, 7) is 9.20. The molecule has 1 aromatic heterocycles. The molecular formula is C17H24N6O. The molecule has 0 bridgehead atoms. The number of anilines is 1. The van der Waals surface area contributed by atoms with Crippen molar-refractivity contribution in [2.45, 2.75) is 33.2 Å². The SMILES string of the molecule is Cc1nc(NC2=NCN(C(C)(C)CO)CN2)nc2c(C)cccc12. The van der Waals surface area contributed by atoms with Crippen LogP contribution in [0.5, 0.6) is 0 Å². The lowest BCUT2D eigenvalue weighted by Crippen LogP contribution is -2.55. The van der Waals surface area contributed by atoms with Crippen molar-refractivity contribution in [1.82, 2.24) is 20.2 Å². The molecule has 1 aliphatic rings. The lowest BCUT2D eigenvalue weighted by molar-refractivity contribution is 0.0532. The molecule has 0 saturated heterocycles. The molecule has 2 aromatic rings. The van der Waals surface area contributed by atoms with E-state index in [1.807, 2.05) is 45.9 Å². The average molecular weight is 328 g/mol. The van der Waals surface area contributed by atoms with E-state index >= 15 is 0 Å². The highest BCUT2D eigenvalue weighted by Crippen LogP contribution is 2.20. The molecule has 128 valence electrons. The number of aliphatic hydroxyl groups is 1. The van der Waals surface area contributed by atoms with Crippen molar-refractivity contribution in [2.75, 3.05) is 25.3 Å². The summed E-state index contributed by atoms with van der Waals surface area (Å²) in [6.07, 6.45) is 0. The number of hydrogen-bond donors (Lipinski definition) is 3. The van der Waals surface area contributed by atoms with Gasteiger partial charge in [-0.3, -0.25) is 10.2 Å². The van der Waals surface area contributed by atoms with Gasteiger partial charge in [-0.1, -0.05) is 18.2 Å². The normalized spacial score (nSPS) is 16.0. The molecule has 24 heavy (non-hydrogen) atoms. The Kier molecular flexibility index (Phi) is 4.38. The maximum atomic E-state index is 9.45. The van der Waals surface area contributed by atoms with Crippen LogP contribution in [0.15, 0.2) is 23.2 Å². The Labute approximate surface area is 141 Å². The second-order valence-corrected chi connectivity index (χ2v) is 6.72. The van der Waals surface area contributed by atoms with Crippen molar-refractivity contribution in [3.63, 3.8) is 0 Å². The summed E-state index contributed by atoms with van der Waals surface area (Å²) in [5.41, 5.74) is 2.70. The monoisotopic (exact) mass is 328 g/mol. The Balaban J connectivity index is 1.80. The maximum Gasteiger partial charge on any atom is 0.230 e. The van der Waals surface area contributed by atoms with Crippen molar-refractivity contribution >= 4 is 22.8 Å². The van der Waals surface area contributed by atoms with Crippen molar-refractivity contribution in [3.05, 3.63) is 29.5 Å². The molecular weight excluding hydrogens is 304 g/mol. The highest BCUT2D eigenvalue weighted by Gasteiger charge is 2.27. The molecule has 0 spiro atoms. The quantitative estimate of drug-likeness (QED) is 0.794. The van der Waals surface area contributed by atoms with Gasteiger partial charge in [-0.05, 0) is 33.3 Å². The number of aliphatic hydroxyl groups excluding tert-OH is 1. The van der Waals surface area contributed by atoms with E-state index in [2.05, 4.69) is 30.5 Å². The average Bonchev–Trinajstić information content (AvgIpc) is 2.56. The van der Waals surface area contributed by atoms with Gasteiger partial charge < -0.3 is 10.4 Å². The van der Waals surface area contributed by atoms with Crippen LogP contribution in [-0.4, -0.2) is 51.4 Å². The highest BCUT2D eigenvalue weighted by molar-refractivity contribution is 5.93. The van der Waals surface area contributed by atoms with Gasteiger partial charge in [-0.2, -0.15) is 0 Å². The minimum absolute atomic E-state index is 0.0826. The minimum Gasteiger partial charge on any atom is -0.394 e. The summed E-state index contributed by atoms with van der Waals surface area (Å²) in [4.78, 5) is 15.7. The number of aromatic nitrogens is 2. The number of benzene rings is 1. The topological polar surface area (TPSA) is 85.7 Å². The number of nitrogens with zero attached hydrogens (tertiary/aromatic N) is 4. The lowest BCUT2D eigenvalue weighted by atomic mass is 10.1. The highest BCUT2D eigenvalue weighted by atomic mass is 16.3. The molecule has 1 aromatic carbocycles. The molecule has 0 unspecified atom stereocenters. The van der Waals surface area contributed by atoms with Crippen LogP contribution in [0.4, 0.5) is 5.95 Å². The van der Waals surface area contributed by atoms with Gasteiger partial charge >= 0.3 is 0 Å². The summed E-state index contributed by atoms with van der Waals surface area (Å²) < 4.78 is 0. The van der Waals surface area contributed by atoms with Crippen LogP contribution in [0.25, 0.3) is 10.9 Å². The molecule has 0 saturated carbocycles. The molecule has 0 aliphatic carbocycles. The third-order valence-corrected chi connectivity index (χ3v) is 4.43. The van der Waals surface area contributed by atoms with Gasteiger partial charge in [0.15, 0.2) is 0 Å². The van der Waals surface area contributed by atoms with Crippen LogP contribution in [-0.2, 0) is 0 Å². The van der Waals surface area contributed by atoms with Crippen molar-refractivity contribution in [2.24, 2.45) is 4.99 Å². The molecule has 7 heteroatoms. The van der Waals surface area contributed by atoms with E-state index < -0.39 is 0 Å². The Hall–Kier alpha value is -2.25. The summed E-state index contributed by atoms with van der Waals surface area (Å²) >= 11 is 0. The second kappa shape index (κ2) is 6.33. The number of fused-ring (bicyclic) bond motifs is 1. The largest absolute Gasteiger partial charge is 0.394 e. The van der Waals surface area contributed by atoms with Gasteiger partial charge in [0.2, 0.25) is 11.9 Å². The fraction of sp³-hybridized carbons (Fsp3) is 0.471. The van der Waals surface area contributed by atoms with Gasteiger partial charge in [0.25, 0.3) is 0 Å². The van der Waals surface area contributed by atoms with Gasteiger partial charge in [0, 0.05) is 10.9 Å². The van der Waals surface area contributed by atoms with E-state index in [1.165, 1.54) is 0 Å². The molecule has 3 N–H and O–H groups in total. The molecule has 2 heterocycles. The predicted octanol–water partition coefficient (Wildman–Crippen LogP) is 1.61. The van der Waals surface area contributed by atoms with E-state index in [9.17, 15) is 5.11 Å². The summed E-state index contributed by atoms with van der Waals surface area (Å²) in [6, 6.07) is 6.10. The predicted molar refractivity (Wildman–Crippen MR) is 95.9 cm³/mol. The fourth-order valence-corrected chi connectivity index (χ4v) is 2.63. The number of nitrogens with one attached hydrogen (secondary N) is 2. The first kappa shape index (κ1) is 16.6. The standard InChI is InChI=1S/C17H24N6O/c1-11-6-5-7-13-12(2)20-16(21-14(11)13)22-15-18-9-23(10-19-15)17(3,4)8-24/h5-7,24H,8-10H2,1-4H3,(H2,18,19,20,21,22). The number of rotatable bonds is 3. The van der Waals surface area contributed by atoms with E-state index in [0.717, 1.165) is 22.2 Å². The van der Waals surface area contributed by atoms with Crippen molar-refractivity contribution < 1.29 is 5.11 Å². The summed E-state index contributed by atoms with van der Waals surface area (Å²) in [5.74, 6) is 1.18. The van der Waals surface area contributed by atoms with Crippen LogP contribution in [0.2, 0.25) is 0 Å². The van der Waals surface area contributed by atoms with Gasteiger partial charge in [0.1, 0.15) is 0 Å². The van der Waals surface area contributed by atoms with Crippen molar-refractivity contribution in [1.29, 1.82) is 0 Å².